The van der Waals surface area contributed by atoms with Crippen molar-refractivity contribution in [2.45, 2.75) is 26.9 Å². The van der Waals surface area contributed by atoms with E-state index in [2.05, 4.69) is 32.6 Å². The predicted octanol–water partition coefficient (Wildman–Crippen LogP) is 2.76. The molecular formula is C17H19ClN6O. The van der Waals surface area contributed by atoms with Crippen LogP contribution in [0, 0.1) is 12.8 Å². The topological polar surface area (TPSA) is 77.6 Å². The largest absolute Gasteiger partial charge is 0.293 e. The minimum Gasteiger partial charge on any atom is -0.293 e. The second kappa shape index (κ2) is 7.48. The number of nitrogens with zero attached hydrogens (tertiary/aromatic N) is 5. The van der Waals surface area contributed by atoms with E-state index in [1.54, 1.807) is 28.1 Å². The zero-order valence-electron chi connectivity index (χ0n) is 14.1. The lowest BCUT2D eigenvalue weighted by Crippen LogP contribution is -2.25. The SMILES string of the molecule is Cc1ccc(Cn2cnc(NC(=O)C(C)Cn3cc(Cl)cn3)n2)cc1. The first-order valence-electron chi connectivity index (χ1n) is 7.93. The third-order valence-corrected chi connectivity index (χ3v) is 3.94. The number of carbonyl (C=O) groups is 1. The van der Waals surface area contributed by atoms with Gasteiger partial charge in [0.2, 0.25) is 11.9 Å². The van der Waals surface area contributed by atoms with E-state index in [0.29, 0.717) is 24.1 Å². The average molecular weight is 359 g/mol. The summed E-state index contributed by atoms with van der Waals surface area (Å²) in [4.78, 5) is 16.4. The molecule has 1 aromatic carbocycles. The molecule has 1 atom stereocenters. The van der Waals surface area contributed by atoms with Crippen LogP contribution < -0.4 is 5.32 Å². The Labute approximate surface area is 150 Å². The monoisotopic (exact) mass is 358 g/mol. The Kier molecular flexibility index (Phi) is 5.14. The number of aromatic nitrogens is 5. The van der Waals surface area contributed by atoms with E-state index in [1.165, 1.54) is 5.56 Å². The second-order valence-electron chi connectivity index (χ2n) is 6.02. The normalized spacial score (nSPS) is 12.1. The quantitative estimate of drug-likeness (QED) is 0.735. The fourth-order valence-electron chi connectivity index (χ4n) is 2.34. The minimum absolute atomic E-state index is 0.167. The molecule has 3 aromatic rings. The molecule has 0 radical (unpaired) electrons. The first-order valence-corrected chi connectivity index (χ1v) is 8.31. The van der Waals surface area contributed by atoms with E-state index in [0.717, 1.165) is 5.56 Å². The van der Waals surface area contributed by atoms with Crippen molar-refractivity contribution in [1.29, 1.82) is 0 Å². The minimum atomic E-state index is -0.292. The number of amides is 1. The smallest absolute Gasteiger partial charge is 0.248 e. The molecule has 1 unspecified atom stereocenters. The van der Waals surface area contributed by atoms with E-state index in [9.17, 15) is 4.79 Å². The summed E-state index contributed by atoms with van der Waals surface area (Å²) in [5, 5.41) is 11.6. The van der Waals surface area contributed by atoms with Crippen molar-refractivity contribution >= 4 is 23.5 Å². The third-order valence-electron chi connectivity index (χ3n) is 3.75. The molecule has 2 aromatic heterocycles. The van der Waals surface area contributed by atoms with Gasteiger partial charge in [-0.05, 0) is 12.5 Å². The third kappa shape index (κ3) is 4.67. The van der Waals surface area contributed by atoms with Crippen molar-refractivity contribution in [3.8, 4) is 0 Å². The zero-order valence-corrected chi connectivity index (χ0v) is 14.8. The number of hydrogen-bond acceptors (Lipinski definition) is 4. The summed E-state index contributed by atoms with van der Waals surface area (Å²) >= 11 is 5.82. The highest BCUT2D eigenvalue weighted by atomic mass is 35.5. The molecule has 8 heteroatoms. The van der Waals surface area contributed by atoms with Gasteiger partial charge in [0.1, 0.15) is 6.33 Å². The highest BCUT2D eigenvalue weighted by Gasteiger charge is 2.16. The standard InChI is InChI=1S/C17H19ClN6O/c1-12-3-5-14(6-4-12)9-24-11-19-17(22-24)21-16(25)13(2)8-23-10-15(18)7-20-23/h3-7,10-11,13H,8-9H2,1-2H3,(H,21,22,25). The second-order valence-corrected chi connectivity index (χ2v) is 6.46. The molecule has 0 aliphatic heterocycles. The van der Waals surface area contributed by atoms with Crippen LogP contribution in [0.2, 0.25) is 5.02 Å². The Hall–Kier alpha value is -2.67. The molecule has 0 spiro atoms. The molecule has 7 nitrogen and oxygen atoms in total. The number of hydrogen-bond donors (Lipinski definition) is 1. The maximum absolute atomic E-state index is 12.3. The van der Waals surface area contributed by atoms with Crippen molar-refractivity contribution in [2.24, 2.45) is 5.92 Å². The molecule has 2 heterocycles. The summed E-state index contributed by atoms with van der Waals surface area (Å²) in [6.45, 7) is 4.90. The van der Waals surface area contributed by atoms with Gasteiger partial charge in [0.15, 0.2) is 0 Å². The molecule has 1 amide bonds. The van der Waals surface area contributed by atoms with Crippen LogP contribution in [0.1, 0.15) is 18.1 Å². The fraction of sp³-hybridized carbons (Fsp3) is 0.294. The van der Waals surface area contributed by atoms with Gasteiger partial charge in [0.05, 0.1) is 30.2 Å². The molecule has 25 heavy (non-hydrogen) atoms. The van der Waals surface area contributed by atoms with E-state index >= 15 is 0 Å². The van der Waals surface area contributed by atoms with Crippen molar-refractivity contribution < 1.29 is 4.79 Å². The summed E-state index contributed by atoms with van der Waals surface area (Å²) in [6.07, 6.45) is 4.83. The van der Waals surface area contributed by atoms with Gasteiger partial charge >= 0.3 is 0 Å². The van der Waals surface area contributed by atoms with E-state index in [-0.39, 0.29) is 11.8 Å². The van der Waals surface area contributed by atoms with Crippen molar-refractivity contribution in [1.82, 2.24) is 24.5 Å². The van der Waals surface area contributed by atoms with Gasteiger partial charge in [-0.3, -0.25) is 14.8 Å². The first-order chi connectivity index (χ1) is 12.0. The van der Waals surface area contributed by atoms with Gasteiger partial charge in [-0.25, -0.2) is 9.67 Å². The molecule has 3 rings (SSSR count). The Morgan fingerprint density at radius 1 is 1.28 bits per heavy atom. The Morgan fingerprint density at radius 2 is 2.04 bits per heavy atom. The van der Waals surface area contributed by atoms with Crippen LogP contribution in [0.5, 0.6) is 0 Å². The van der Waals surface area contributed by atoms with Crippen LogP contribution in [-0.4, -0.2) is 30.5 Å². The van der Waals surface area contributed by atoms with Gasteiger partial charge in [-0.15, -0.1) is 5.10 Å². The molecule has 0 saturated heterocycles. The zero-order chi connectivity index (χ0) is 17.8. The van der Waals surface area contributed by atoms with Gasteiger partial charge in [0.25, 0.3) is 0 Å². The number of rotatable bonds is 6. The number of carbonyl (C=O) groups excluding carboxylic acids is 1. The first kappa shape index (κ1) is 17.2. The fourth-order valence-corrected chi connectivity index (χ4v) is 2.50. The number of anilines is 1. The van der Waals surface area contributed by atoms with Crippen LogP contribution in [-0.2, 0) is 17.9 Å². The maximum atomic E-state index is 12.3. The molecule has 0 aliphatic rings. The van der Waals surface area contributed by atoms with Gasteiger partial charge < -0.3 is 0 Å². The maximum Gasteiger partial charge on any atom is 0.248 e. The Balaban J connectivity index is 1.56. The number of halogens is 1. The lowest BCUT2D eigenvalue weighted by molar-refractivity contribution is -0.119. The summed E-state index contributed by atoms with van der Waals surface area (Å²) in [5.74, 6) is -0.165. The molecule has 0 aliphatic carbocycles. The molecule has 0 saturated carbocycles. The van der Waals surface area contributed by atoms with Crippen LogP contribution in [0.25, 0.3) is 0 Å². The van der Waals surface area contributed by atoms with E-state index in [1.807, 2.05) is 26.0 Å². The van der Waals surface area contributed by atoms with Gasteiger partial charge in [-0.2, -0.15) is 5.10 Å². The van der Waals surface area contributed by atoms with E-state index in [4.69, 9.17) is 11.6 Å². The molecule has 0 bridgehead atoms. The van der Waals surface area contributed by atoms with Crippen LogP contribution in [0.4, 0.5) is 5.95 Å². The lowest BCUT2D eigenvalue weighted by Gasteiger charge is -2.10. The van der Waals surface area contributed by atoms with Crippen LogP contribution in [0.3, 0.4) is 0 Å². The summed E-state index contributed by atoms with van der Waals surface area (Å²) < 4.78 is 3.33. The lowest BCUT2D eigenvalue weighted by atomic mass is 10.1. The summed E-state index contributed by atoms with van der Waals surface area (Å²) in [7, 11) is 0. The average Bonchev–Trinajstić information content (AvgIpc) is 3.18. The van der Waals surface area contributed by atoms with Crippen molar-refractivity contribution in [2.75, 3.05) is 5.32 Å². The molecule has 130 valence electrons. The number of aryl methyl sites for hydroxylation is 1. The summed E-state index contributed by atoms with van der Waals surface area (Å²) in [6, 6.07) is 8.20. The molecular weight excluding hydrogens is 340 g/mol. The predicted molar refractivity (Wildman–Crippen MR) is 95.3 cm³/mol. The number of nitrogens with one attached hydrogen (secondary N) is 1. The number of benzene rings is 1. The Bertz CT molecular complexity index is 854. The summed E-state index contributed by atoms with van der Waals surface area (Å²) in [5.41, 5.74) is 2.33. The highest BCUT2D eigenvalue weighted by molar-refractivity contribution is 6.30. The molecule has 1 N–H and O–H groups in total. The Morgan fingerprint density at radius 3 is 2.72 bits per heavy atom. The van der Waals surface area contributed by atoms with Crippen LogP contribution in [0.15, 0.2) is 43.0 Å². The highest BCUT2D eigenvalue weighted by Crippen LogP contribution is 2.10. The van der Waals surface area contributed by atoms with Gasteiger partial charge in [0, 0.05) is 6.20 Å². The van der Waals surface area contributed by atoms with Crippen molar-refractivity contribution in [3.05, 3.63) is 59.1 Å². The van der Waals surface area contributed by atoms with Gasteiger partial charge in [-0.1, -0.05) is 48.4 Å². The van der Waals surface area contributed by atoms with Crippen LogP contribution >= 0.6 is 11.6 Å². The van der Waals surface area contributed by atoms with Crippen molar-refractivity contribution in [3.63, 3.8) is 0 Å². The molecule has 0 fully saturated rings. The van der Waals surface area contributed by atoms with E-state index < -0.39 is 0 Å².